The number of benzene rings is 4. The van der Waals surface area contributed by atoms with E-state index in [1.165, 1.54) is 14.2 Å². The van der Waals surface area contributed by atoms with Crippen LogP contribution in [-0.4, -0.2) is 73.9 Å². The highest BCUT2D eigenvalue weighted by Crippen LogP contribution is 2.30. The number of hydrogen-bond donors (Lipinski definition) is 6. The SMILES string of the molecule is COc1cc(C(=O)N/N=C/c2ccc(-c3ccc(/C=N/NC(=O)c4ccc(OCCCCCCC(=O)NO)c(OC)c4)cc3)cc2)ccc1OCCCCCCC(=O)NO. The number of amides is 4. The summed E-state index contributed by atoms with van der Waals surface area (Å²) in [7, 11) is 3.00. The van der Waals surface area contributed by atoms with E-state index in [1.807, 2.05) is 48.5 Å². The number of carbonyl (C=O) groups excluding carboxylic acids is 4. The lowest BCUT2D eigenvalue weighted by Gasteiger charge is -2.12. The van der Waals surface area contributed by atoms with Gasteiger partial charge in [-0.2, -0.15) is 10.2 Å². The third kappa shape index (κ3) is 15.5. The molecule has 4 amide bonds. The van der Waals surface area contributed by atoms with Crippen molar-refractivity contribution in [3.05, 3.63) is 107 Å². The van der Waals surface area contributed by atoms with Gasteiger partial charge < -0.3 is 18.9 Å². The van der Waals surface area contributed by atoms with Gasteiger partial charge in [-0.05, 0) is 84.3 Å². The van der Waals surface area contributed by atoms with E-state index in [1.54, 1.807) is 59.8 Å². The van der Waals surface area contributed by atoms with Crippen LogP contribution in [0.4, 0.5) is 0 Å². The van der Waals surface area contributed by atoms with E-state index in [2.05, 4.69) is 21.1 Å². The summed E-state index contributed by atoms with van der Waals surface area (Å²) < 4.78 is 22.5. The summed E-state index contributed by atoms with van der Waals surface area (Å²) in [5.74, 6) is 0.276. The van der Waals surface area contributed by atoms with E-state index in [0.29, 0.717) is 60.2 Å². The van der Waals surface area contributed by atoms with Crippen molar-refractivity contribution in [2.24, 2.45) is 10.2 Å². The summed E-state index contributed by atoms with van der Waals surface area (Å²) in [6.45, 7) is 0.904. The van der Waals surface area contributed by atoms with Crippen molar-refractivity contribution in [2.45, 2.75) is 64.2 Å². The van der Waals surface area contributed by atoms with Crippen molar-refractivity contribution in [1.82, 2.24) is 21.8 Å². The van der Waals surface area contributed by atoms with E-state index in [-0.39, 0.29) is 12.8 Å². The third-order valence-electron chi connectivity index (χ3n) is 9.13. The summed E-state index contributed by atoms with van der Waals surface area (Å²) in [6.07, 6.45) is 9.99. The number of unbranched alkanes of at least 4 members (excludes halogenated alkanes) is 6. The molecule has 0 aliphatic heterocycles. The average Bonchev–Trinajstić information content (AvgIpc) is 3.28. The first-order chi connectivity index (χ1) is 29.2. The number of ether oxygens (including phenoxy) is 4. The molecule has 0 aliphatic carbocycles. The number of methoxy groups -OCH3 is 2. The van der Waals surface area contributed by atoms with Crippen LogP contribution in [0.1, 0.15) is 96.1 Å². The lowest BCUT2D eigenvalue weighted by Crippen LogP contribution is -2.17. The fraction of sp³-hybridized carbons (Fsp3) is 0.318. The Morgan fingerprint density at radius 1 is 0.517 bits per heavy atom. The fourth-order valence-electron chi connectivity index (χ4n) is 5.80. The Balaban J connectivity index is 1.19. The molecule has 0 radical (unpaired) electrons. The van der Waals surface area contributed by atoms with Crippen LogP contribution in [0.5, 0.6) is 23.0 Å². The van der Waals surface area contributed by atoms with Crippen molar-refractivity contribution in [2.75, 3.05) is 27.4 Å². The molecule has 0 heterocycles. The van der Waals surface area contributed by atoms with Gasteiger partial charge in [0.05, 0.1) is 39.9 Å². The predicted molar refractivity (Wildman–Crippen MR) is 225 cm³/mol. The van der Waals surface area contributed by atoms with Gasteiger partial charge in [0.2, 0.25) is 11.8 Å². The van der Waals surface area contributed by atoms with Crippen molar-refractivity contribution in [3.8, 4) is 34.1 Å². The standard InChI is InChI=1S/C44H52N6O10/c1-57-39-27-35(21-23-37(39)59-25-9-5-3-7-11-41(51)49-55)43(53)47-45-29-31-13-17-33(18-14-31)34-19-15-32(16-20-34)30-46-48-44(54)36-22-24-38(40(28-36)58-2)60-26-10-6-4-8-12-42(52)50-56/h13-24,27-30,55-56H,3-12,25-26H2,1-2H3,(H,47,53)(H,48,54)(H,49,51)(H,50,52)/b45-29+,46-30+. The average molecular weight is 825 g/mol. The van der Waals surface area contributed by atoms with Gasteiger partial charge in [0.15, 0.2) is 23.0 Å². The highest BCUT2D eigenvalue weighted by atomic mass is 16.5. The molecule has 6 N–H and O–H groups in total. The molecule has 16 heteroatoms. The van der Waals surface area contributed by atoms with Crippen LogP contribution in [0, 0.1) is 0 Å². The van der Waals surface area contributed by atoms with Crippen LogP contribution in [0.25, 0.3) is 11.1 Å². The molecule has 0 fully saturated rings. The molecule has 0 unspecified atom stereocenters. The largest absolute Gasteiger partial charge is 0.493 e. The summed E-state index contributed by atoms with van der Waals surface area (Å²) >= 11 is 0. The van der Waals surface area contributed by atoms with Crippen molar-refractivity contribution in [1.29, 1.82) is 0 Å². The molecule has 0 saturated carbocycles. The summed E-state index contributed by atoms with van der Waals surface area (Å²) in [4.78, 5) is 47.7. The van der Waals surface area contributed by atoms with Gasteiger partial charge in [0, 0.05) is 24.0 Å². The van der Waals surface area contributed by atoms with E-state index in [0.717, 1.165) is 60.8 Å². The van der Waals surface area contributed by atoms with Crippen LogP contribution in [0.15, 0.2) is 95.1 Å². The number of rotatable bonds is 25. The molecule has 4 aromatic rings. The lowest BCUT2D eigenvalue weighted by molar-refractivity contribution is -0.130. The number of hydrogen-bond acceptors (Lipinski definition) is 12. The second-order valence-corrected chi connectivity index (χ2v) is 13.5. The zero-order valence-corrected chi connectivity index (χ0v) is 33.8. The monoisotopic (exact) mass is 824 g/mol. The lowest BCUT2D eigenvalue weighted by atomic mass is 10.0. The van der Waals surface area contributed by atoms with Gasteiger partial charge in [0.25, 0.3) is 11.8 Å². The van der Waals surface area contributed by atoms with Gasteiger partial charge in [-0.15, -0.1) is 0 Å². The molecule has 4 aromatic carbocycles. The molecule has 4 rings (SSSR count). The highest BCUT2D eigenvalue weighted by molar-refractivity contribution is 5.96. The highest BCUT2D eigenvalue weighted by Gasteiger charge is 2.13. The molecule has 0 bridgehead atoms. The third-order valence-corrected chi connectivity index (χ3v) is 9.13. The Bertz CT molecular complexity index is 1910. The molecule has 0 atom stereocenters. The normalized spacial score (nSPS) is 10.9. The maximum atomic E-state index is 12.8. The second-order valence-electron chi connectivity index (χ2n) is 13.5. The Labute approximate surface area is 348 Å². The molecule has 16 nitrogen and oxygen atoms in total. The molecule has 0 spiro atoms. The number of nitrogens with one attached hydrogen (secondary N) is 4. The zero-order valence-electron chi connectivity index (χ0n) is 33.8. The summed E-state index contributed by atoms with van der Waals surface area (Å²) in [5.41, 5.74) is 12.6. The molecule has 60 heavy (non-hydrogen) atoms. The first-order valence-electron chi connectivity index (χ1n) is 19.6. The van der Waals surface area contributed by atoms with Gasteiger partial charge in [-0.3, -0.25) is 29.6 Å². The van der Waals surface area contributed by atoms with Crippen LogP contribution in [-0.2, 0) is 9.59 Å². The molecule has 0 saturated heterocycles. The topological polar surface area (TPSA) is 218 Å². The van der Waals surface area contributed by atoms with Crippen molar-refractivity contribution >= 4 is 36.1 Å². The number of nitrogens with zero attached hydrogens (tertiary/aromatic N) is 2. The van der Waals surface area contributed by atoms with Crippen LogP contribution < -0.4 is 40.8 Å². The number of hydroxylamine groups is 2. The molecular weight excluding hydrogens is 773 g/mol. The Morgan fingerprint density at radius 3 is 1.27 bits per heavy atom. The Morgan fingerprint density at radius 2 is 0.900 bits per heavy atom. The molecule has 0 aliphatic rings. The maximum Gasteiger partial charge on any atom is 0.271 e. The van der Waals surface area contributed by atoms with Gasteiger partial charge >= 0.3 is 0 Å². The molecular formula is C44H52N6O10. The second kappa shape index (κ2) is 25.6. The van der Waals surface area contributed by atoms with Gasteiger partial charge in [0.1, 0.15) is 0 Å². The predicted octanol–water partition coefficient (Wildman–Crippen LogP) is 6.57. The molecule has 0 aromatic heterocycles. The van der Waals surface area contributed by atoms with E-state index in [4.69, 9.17) is 29.4 Å². The minimum Gasteiger partial charge on any atom is -0.493 e. The molecule has 318 valence electrons. The number of carbonyl (C=O) groups is 4. The number of hydrazone groups is 2. The minimum absolute atomic E-state index is 0.280. The first kappa shape index (κ1) is 45.9. The Kier molecular flexibility index (Phi) is 19.6. The van der Waals surface area contributed by atoms with Crippen LogP contribution in [0.2, 0.25) is 0 Å². The Hall–Kier alpha value is -6.78. The van der Waals surface area contributed by atoms with Gasteiger partial charge in [-0.25, -0.2) is 21.8 Å². The minimum atomic E-state index is -0.409. The van der Waals surface area contributed by atoms with Crippen molar-refractivity contribution < 1.29 is 48.5 Å². The zero-order chi connectivity index (χ0) is 43.0. The van der Waals surface area contributed by atoms with Crippen LogP contribution >= 0.6 is 0 Å². The van der Waals surface area contributed by atoms with E-state index in [9.17, 15) is 19.2 Å². The van der Waals surface area contributed by atoms with Gasteiger partial charge in [-0.1, -0.05) is 74.2 Å². The summed E-state index contributed by atoms with van der Waals surface area (Å²) in [6, 6.07) is 25.1. The van der Waals surface area contributed by atoms with E-state index >= 15 is 0 Å². The van der Waals surface area contributed by atoms with Crippen molar-refractivity contribution in [3.63, 3.8) is 0 Å². The quantitative estimate of drug-likeness (QED) is 0.0183. The van der Waals surface area contributed by atoms with Crippen LogP contribution in [0.3, 0.4) is 0 Å². The smallest absolute Gasteiger partial charge is 0.271 e. The van der Waals surface area contributed by atoms with E-state index < -0.39 is 23.6 Å². The first-order valence-corrected chi connectivity index (χ1v) is 19.6. The maximum absolute atomic E-state index is 12.8. The summed E-state index contributed by atoms with van der Waals surface area (Å²) in [5, 5.41) is 25.3. The fourth-order valence-corrected chi connectivity index (χ4v) is 5.80.